The molecule has 0 heterocycles. The summed E-state index contributed by atoms with van der Waals surface area (Å²) in [5.74, 6) is -1.88. The van der Waals surface area contributed by atoms with Gasteiger partial charge in [0.05, 0.1) is 7.11 Å². The molecule has 1 amide bonds. The maximum Gasteiger partial charge on any atom is 0.325 e. The third kappa shape index (κ3) is 3.07. The molecule has 2 fully saturated rings. The fourth-order valence-electron chi connectivity index (χ4n) is 2.87. The Labute approximate surface area is 133 Å². The van der Waals surface area contributed by atoms with Crippen molar-refractivity contribution in [3.8, 4) is 0 Å². The zero-order chi connectivity index (χ0) is 16.7. The minimum absolute atomic E-state index is 0.142. The highest BCUT2D eigenvalue weighted by molar-refractivity contribution is 5.97. The van der Waals surface area contributed by atoms with E-state index in [1.807, 2.05) is 0 Å². The van der Waals surface area contributed by atoms with Crippen molar-refractivity contribution in [2.24, 2.45) is 0 Å². The molecule has 0 aromatic heterocycles. The first-order valence-corrected chi connectivity index (χ1v) is 7.72. The summed E-state index contributed by atoms with van der Waals surface area (Å²) in [5.41, 5.74) is 0.887. The van der Waals surface area contributed by atoms with Crippen LogP contribution in [0, 0.1) is 5.82 Å². The van der Waals surface area contributed by atoms with E-state index in [1.165, 1.54) is 14.2 Å². The van der Waals surface area contributed by atoms with Crippen molar-refractivity contribution >= 4 is 11.9 Å². The van der Waals surface area contributed by atoms with Crippen LogP contribution in [0.4, 0.5) is 8.78 Å². The highest BCUT2D eigenvalue weighted by Crippen LogP contribution is 2.49. The first-order chi connectivity index (χ1) is 10.9. The average Bonchev–Trinajstić information content (AvgIpc) is 3.43. The fourth-order valence-corrected chi connectivity index (χ4v) is 2.87. The van der Waals surface area contributed by atoms with Crippen molar-refractivity contribution in [2.45, 2.75) is 37.3 Å². The lowest BCUT2D eigenvalue weighted by molar-refractivity contribution is -0.141. The molecule has 23 heavy (non-hydrogen) atoms. The van der Waals surface area contributed by atoms with E-state index in [1.54, 1.807) is 12.1 Å². The number of benzene rings is 1. The predicted octanol–water partition coefficient (Wildman–Crippen LogP) is 2.77. The lowest BCUT2D eigenvalue weighted by Gasteiger charge is -2.19. The highest BCUT2D eigenvalue weighted by atomic mass is 19.1. The Hall–Kier alpha value is -1.98. The number of ether oxygens (including phenoxy) is 1. The Morgan fingerprint density at radius 3 is 2.52 bits per heavy atom. The molecule has 0 spiro atoms. The second kappa shape index (κ2) is 5.91. The van der Waals surface area contributed by atoms with Crippen LogP contribution in [0.5, 0.6) is 0 Å². The number of hydrogen-bond acceptors (Lipinski definition) is 3. The van der Waals surface area contributed by atoms with Crippen molar-refractivity contribution in [3.63, 3.8) is 0 Å². The topological polar surface area (TPSA) is 46.6 Å². The van der Waals surface area contributed by atoms with E-state index in [0.29, 0.717) is 5.56 Å². The minimum atomic E-state index is -1.10. The summed E-state index contributed by atoms with van der Waals surface area (Å²) in [6.45, 7) is -0.232. The molecular formula is C17H19F2NO3. The standard InChI is InChI=1S/C17H19F2NO3/c1-20(8-14(21)23-2)17(22)11-6-5-10(9-3-4-9)16(19)15(11)12-7-13(12)18/h5-6,9,12-13H,3-4,7-8H2,1-2H3/t12?,13-/m1/s1. The van der Waals surface area contributed by atoms with E-state index in [-0.39, 0.29) is 30.0 Å². The monoisotopic (exact) mass is 323 g/mol. The second-order valence-electron chi connectivity index (χ2n) is 6.30. The van der Waals surface area contributed by atoms with Crippen LogP contribution >= 0.6 is 0 Å². The van der Waals surface area contributed by atoms with Crippen LogP contribution in [0.25, 0.3) is 0 Å². The normalized spacial score (nSPS) is 22.6. The van der Waals surface area contributed by atoms with E-state index >= 15 is 0 Å². The van der Waals surface area contributed by atoms with Gasteiger partial charge in [0, 0.05) is 24.1 Å². The summed E-state index contributed by atoms with van der Waals surface area (Å²) in [6.07, 6.45) is 0.994. The fraction of sp³-hybridized carbons (Fsp3) is 0.529. The van der Waals surface area contributed by atoms with Crippen LogP contribution in [0.3, 0.4) is 0 Å². The van der Waals surface area contributed by atoms with E-state index in [0.717, 1.165) is 17.7 Å². The van der Waals surface area contributed by atoms with Gasteiger partial charge in [0.2, 0.25) is 0 Å². The number of carbonyl (C=O) groups is 2. The van der Waals surface area contributed by atoms with E-state index in [4.69, 9.17) is 0 Å². The van der Waals surface area contributed by atoms with Crippen molar-refractivity contribution in [3.05, 3.63) is 34.6 Å². The van der Waals surface area contributed by atoms with Crippen LogP contribution in [0.1, 0.15) is 52.6 Å². The van der Waals surface area contributed by atoms with Crippen molar-refractivity contribution in [1.82, 2.24) is 4.90 Å². The van der Waals surface area contributed by atoms with Crippen LogP contribution in [0.15, 0.2) is 12.1 Å². The Bertz CT molecular complexity index is 657. The number of esters is 1. The van der Waals surface area contributed by atoms with Gasteiger partial charge in [0.25, 0.3) is 5.91 Å². The van der Waals surface area contributed by atoms with Crippen LogP contribution in [-0.2, 0) is 9.53 Å². The SMILES string of the molecule is COC(=O)CN(C)C(=O)c1ccc(C2CC2)c(F)c1C1C[C@H]1F. The largest absolute Gasteiger partial charge is 0.468 e. The molecule has 1 aromatic rings. The molecule has 0 N–H and O–H groups in total. The van der Waals surface area contributed by atoms with Gasteiger partial charge in [0.15, 0.2) is 0 Å². The number of rotatable bonds is 5. The molecule has 6 heteroatoms. The molecule has 2 aliphatic carbocycles. The summed E-state index contributed by atoms with van der Waals surface area (Å²) < 4.78 is 32.9. The number of halogens is 2. The molecule has 124 valence electrons. The summed E-state index contributed by atoms with van der Waals surface area (Å²) in [5, 5.41) is 0. The summed E-state index contributed by atoms with van der Waals surface area (Å²) in [4.78, 5) is 25.0. The van der Waals surface area contributed by atoms with Crippen LogP contribution < -0.4 is 0 Å². The summed E-state index contributed by atoms with van der Waals surface area (Å²) >= 11 is 0. The quantitative estimate of drug-likeness (QED) is 0.783. The number of amides is 1. The lowest BCUT2D eigenvalue weighted by Crippen LogP contribution is -2.33. The predicted molar refractivity (Wildman–Crippen MR) is 79.6 cm³/mol. The first kappa shape index (κ1) is 15.9. The molecule has 0 aliphatic heterocycles. The van der Waals surface area contributed by atoms with Crippen molar-refractivity contribution in [2.75, 3.05) is 20.7 Å². The highest BCUT2D eigenvalue weighted by Gasteiger charge is 2.44. The van der Waals surface area contributed by atoms with Crippen LogP contribution in [-0.4, -0.2) is 43.7 Å². The molecular weight excluding hydrogens is 304 g/mol. The molecule has 2 saturated carbocycles. The van der Waals surface area contributed by atoms with E-state index in [9.17, 15) is 18.4 Å². The maximum atomic E-state index is 14.8. The lowest BCUT2D eigenvalue weighted by atomic mass is 9.96. The van der Waals surface area contributed by atoms with Gasteiger partial charge in [-0.1, -0.05) is 6.07 Å². The molecule has 1 unspecified atom stereocenters. The van der Waals surface area contributed by atoms with Gasteiger partial charge in [-0.05, 0) is 36.8 Å². The molecule has 0 saturated heterocycles. The zero-order valence-corrected chi connectivity index (χ0v) is 13.1. The average molecular weight is 323 g/mol. The first-order valence-electron chi connectivity index (χ1n) is 7.72. The van der Waals surface area contributed by atoms with Gasteiger partial charge in [-0.25, -0.2) is 8.78 Å². The number of likely N-dealkylation sites (N-methyl/N-ethyl adjacent to an activating group) is 1. The van der Waals surface area contributed by atoms with Gasteiger partial charge < -0.3 is 9.64 Å². The smallest absolute Gasteiger partial charge is 0.325 e. The van der Waals surface area contributed by atoms with Gasteiger partial charge >= 0.3 is 5.97 Å². The molecule has 3 rings (SSSR count). The molecule has 0 bridgehead atoms. The third-order valence-corrected chi connectivity index (χ3v) is 4.48. The minimum Gasteiger partial charge on any atom is -0.468 e. The van der Waals surface area contributed by atoms with E-state index in [2.05, 4.69) is 4.74 Å². The Balaban J connectivity index is 1.93. The maximum absolute atomic E-state index is 14.8. The second-order valence-corrected chi connectivity index (χ2v) is 6.30. The van der Waals surface area contributed by atoms with Gasteiger partial charge in [0.1, 0.15) is 18.5 Å². The molecule has 4 nitrogen and oxygen atoms in total. The molecule has 1 aromatic carbocycles. The number of alkyl halides is 1. The Morgan fingerprint density at radius 1 is 1.35 bits per heavy atom. The number of methoxy groups -OCH3 is 1. The van der Waals surface area contributed by atoms with Gasteiger partial charge in [-0.3, -0.25) is 9.59 Å². The molecule has 2 atom stereocenters. The van der Waals surface area contributed by atoms with Gasteiger partial charge in [-0.15, -0.1) is 0 Å². The van der Waals surface area contributed by atoms with Gasteiger partial charge in [-0.2, -0.15) is 0 Å². The summed E-state index contributed by atoms with van der Waals surface area (Å²) in [6, 6.07) is 3.18. The Morgan fingerprint density at radius 2 is 2.00 bits per heavy atom. The van der Waals surface area contributed by atoms with E-state index < -0.39 is 29.8 Å². The van der Waals surface area contributed by atoms with Crippen molar-refractivity contribution < 1.29 is 23.1 Å². The summed E-state index contributed by atoms with van der Waals surface area (Å²) in [7, 11) is 2.67. The molecule has 0 radical (unpaired) electrons. The zero-order valence-electron chi connectivity index (χ0n) is 13.1. The molecule has 2 aliphatic rings. The van der Waals surface area contributed by atoms with Crippen molar-refractivity contribution in [1.29, 1.82) is 0 Å². The number of carbonyl (C=O) groups excluding carboxylic acids is 2. The van der Waals surface area contributed by atoms with Crippen LogP contribution in [0.2, 0.25) is 0 Å². The number of nitrogens with zero attached hydrogens (tertiary/aromatic N) is 1. The Kier molecular flexibility index (Phi) is 4.08. The third-order valence-electron chi connectivity index (χ3n) is 4.48. The number of hydrogen-bond donors (Lipinski definition) is 0.